The van der Waals surface area contributed by atoms with Gasteiger partial charge in [0.05, 0.1) is 12.4 Å². The minimum absolute atomic E-state index is 0.0779. The molecule has 0 bridgehead atoms. The number of nitrogens with two attached hydrogens (primary N) is 1. The third-order valence-electron chi connectivity index (χ3n) is 3.01. The number of piperidine rings is 1. The fourth-order valence-electron chi connectivity index (χ4n) is 1.73. The lowest BCUT2D eigenvalue weighted by atomic mass is 9.79. The summed E-state index contributed by atoms with van der Waals surface area (Å²) in [5.74, 6) is 0.0779. The Hall–Kier alpha value is -0.780. The predicted molar refractivity (Wildman–Crippen MR) is 51.8 cm³/mol. The molecule has 0 saturated carbocycles. The molecule has 0 spiro atoms. The number of rotatable bonds is 2. The lowest BCUT2D eigenvalue weighted by Crippen LogP contribution is -2.47. The highest BCUT2D eigenvalue weighted by atomic mass is 19.4. The second-order valence-corrected chi connectivity index (χ2v) is 4.37. The zero-order chi connectivity index (χ0) is 11.7. The molecule has 1 saturated heterocycles. The Morgan fingerprint density at radius 2 is 1.87 bits per heavy atom. The van der Waals surface area contributed by atoms with Gasteiger partial charge < -0.3 is 5.73 Å². The lowest BCUT2D eigenvalue weighted by molar-refractivity contribution is -0.149. The Bertz CT molecular complexity index is 241. The van der Waals surface area contributed by atoms with Crippen LogP contribution in [0.1, 0.15) is 19.8 Å². The van der Waals surface area contributed by atoms with Crippen molar-refractivity contribution in [2.45, 2.75) is 25.9 Å². The largest absolute Gasteiger partial charge is 0.401 e. The van der Waals surface area contributed by atoms with Gasteiger partial charge in [-0.15, -0.1) is 0 Å². The first-order valence-electron chi connectivity index (χ1n) is 4.86. The van der Waals surface area contributed by atoms with E-state index in [0.717, 1.165) is 0 Å². The molecular formula is C9H16F3N3. The van der Waals surface area contributed by atoms with Crippen molar-refractivity contribution < 1.29 is 13.2 Å². The quantitative estimate of drug-likeness (QED) is 0.551. The maximum atomic E-state index is 12.1. The number of halogens is 3. The summed E-state index contributed by atoms with van der Waals surface area (Å²) in [6.45, 7) is 1.69. The molecule has 1 aliphatic heterocycles. The highest BCUT2D eigenvalue weighted by Crippen LogP contribution is 2.31. The van der Waals surface area contributed by atoms with Gasteiger partial charge in [0.1, 0.15) is 0 Å². The van der Waals surface area contributed by atoms with Crippen LogP contribution in [0.4, 0.5) is 13.2 Å². The van der Waals surface area contributed by atoms with Crippen molar-refractivity contribution in [1.82, 2.24) is 4.90 Å². The van der Waals surface area contributed by atoms with Gasteiger partial charge in [-0.1, -0.05) is 6.92 Å². The van der Waals surface area contributed by atoms with Crippen LogP contribution in [0.5, 0.6) is 0 Å². The van der Waals surface area contributed by atoms with E-state index >= 15 is 0 Å². The summed E-state index contributed by atoms with van der Waals surface area (Å²) in [7, 11) is 0. The van der Waals surface area contributed by atoms with Crippen LogP contribution in [-0.2, 0) is 0 Å². The Balaban J connectivity index is 2.46. The monoisotopic (exact) mass is 223 g/mol. The van der Waals surface area contributed by atoms with Gasteiger partial charge in [0, 0.05) is 5.41 Å². The molecule has 0 aromatic heterocycles. The standard InChI is InChI=1S/C9H16F3N3/c1-8(7(13)14)2-4-15(5-3-8)6-9(10,11)12/h2-6H2,1H3,(H3,13,14). The first-order chi connectivity index (χ1) is 6.73. The zero-order valence-corrected chi connectivity index (χ0v) is 8.69. The van der Waals surface area contributed by atoms with Crippen molar-refractivity contribution in [3.63, 3.8) is 0 Å². The van der Waals surface area contributed by atoms with Gasteiger partial charge in [0.25, 0.3) is 0 Å². The number of nitrogens with one attached hydrogen (secondary N) is 1. The van der Waals surface area contributed by atoms with Crippen molar-refractivity contribution in [3.05, 3.63) is 0 Å². The first kappa shape index (κ1) is 12.3. The number of alkyl halides is 3. The molecule has 3 N–H and O–H groups in total. The minimum atomic E-state index is -4.13. The SMILES string of the molecule is CC1(C(=N)N)CCN(CC(F)(F)F)CC1. The second kappa shape index (κ2) is 4.00. The van der Waals surface area contributed by atoms with E-state index in [9.17, 15) is 13.2 Å². The smallest absolute Gasteiger partial charge is 0.387 e. The van der Waals surface area contributed by atoms with E-state index < -0.39 is 18.1 Å². The van der Waals surface area contributed by atoms with Crippen LogP contribution in [0.15, 0.2) is 0 Å². The summed E-state index contributed by atoms with van der Waals surface area (Å²) < 4.78 is 36.2. The van der Waals surface area contributed by atoms with Crippen molar-refractivity contribution in [2.75, 3.05) is 19.6 Å². The molecule has 6 heteroatoms. The molecular weight excluding hydrogens is 207 g/mol. The van der Waals surface area contributed by atoms with Crippen LogP contribution in [0.2, 0.25) is 0 Å². The molecule has 15 heavy (non-hydrogen) atoms. The Labute approximate surface area is 86.9 Å². The van der Waals surface area contributed by atoms with Gasteiger partial charge in [-0.25, -0.2) is 0 Å². The van der Waals surface area contributed by atoms with E-state index in [4.69, 9.17) is 11.1 Å². The van der Waals surface area contributed by atoms with Gasteiger partial charge in [-0.05, 0) is 25.9 Å². The van der Waals surface area contributed by atoms with Gasteiger partial charge in [-0.3, -0.25) is 10.3 Å². The Morgan fingerprint density at radius 3 is 2.20 bits per heavy atom. The topological polar surface area (TPSA) is 53.1 Å². The van der Waals surface area contributed by atoms with Crippen LogP contribution in [0.25, 0.3) is 0 Å². The minimum Gasteiger partial charge on any atom is -0.387 e. The highest BCUT2D eigenvalue weighted by Gasteiger charge is 2.37. The van der Waals surface area contributed by atoms with E-state index in [2.05, 4.69) is 0 Å². The van der Waals surface area contributed by atoms with E-state index in [1.165, 1.54) is 4.90 Å². The van der Waals surface area contributed by atoms with E-state index in [1.807, 2.05) is 6.92 Å². The summed E-state index contributed by atoms with van der Waals surface area (Å²) in [6, 6.07) is 0. The van der Waals surface area contributed by atoms with E-state index in [-0.39, 0.29) is 5.84 Å². The average Bonchev–Trinajstić information content (AvgIpc) is 2.07. The molecule has 0 radical (unpaired) electrons. The number of hydrogen-bond donors (Lipinski definition) is 2. The van der Waals surface area contributed by atoms with Crippen LogP contribution in [-0.4, -0.2) is 36.5 Å². The number of likely N-dealkylation sites (tertiary alicyclic amines) is 1. The Kier molecular flexibility index (Phi) is 3.28. The molecule has 0 atom stereocenters. The molecule has 0 unspecified atom stereocenters. The summed E-state index contributed by atoms with van der Waals surface area (Å²) in [6.07, 6.45) is -3.08. The number of hydrogen-bond acceptors (Lipinski definition) is 2. The average molecular weight is 223 g/mol. The second-order valence-electron chi connectivity index (χ2n) is 4.37. The van der Waals surface area contributed by atoms with Crippen molar-refractivity contribution in [2.24, 2.45) is 11.1 Å². The molecule has 88 valence electrons. The molecule has 1 heterocycles. The third-order valence-corrected chi connectivity index (χ3v) is 3.01. The molecule has 0 aromatic rings. The van der Waals surface area contributed by atoms with Gasteiger partial charge in [0.15, 0.2) is 0 Å². The zero-order valence-electron chi connectivity index (χ0n) is 8.69. The molecule has 0 aromatic carbocycles. The predicted octanol–water partition coefficient (Wildman–Crippen LogP) is 1.59. The third kappa shape index (κ3) is 3.37. The molecule has 0 aliphatic carbocycles. The van der Waals surface area contributed by atoms with Crippen LogP contribution < -0.4 is 5.73 Å². The summed E-state index contributed by atoms with van der Waals surface area (Å²) in [5, 5.41) is 7.37. The van der Waals surface area contributed by atoms with Crippen molar-refractivity contribution in [1.29, 1.82) is 5.41 Å². The fourth-order valence-corrected chi connectivity index (χ4v) is 1.73. The van der Waals surface area contributed by atoms with E-state index in [1.54, 1.807) is 0 Å². The van der Waals surface area contributed by atoms with Gasteiger partial charge in [-0.2, -0.15) is 13.2 Å². The van der Waals surface area contributed by atoms with Crippen LogP contribution in [0.3, 0.4) is 0 Å². The van der Waals surface area contributed by atoms with Gasteiger partial charge >= 0.3 is 6.18 Å². The normalized spacial score (nSPS) is 22.7. The summed E-state index contributed by atoms with van der Waals surface area (Å²) in [4.78, 5) is 1.37. The fraction of sp³-hybridized carbons (Fsp3) is 0.889. The summed E-state index contributed by atoms with van der Waals surface area (Å²) >= 11 is 0. The molecule has 1 rings (SSSR count). The maximum Gasteiger partial charge on any atom is 0.401 e. The van der Waals surface area contributed by atoms with Crippen molar-refractivity contribution >= 4 is 5.84 Å². The lowest BCUT2D eigenvalue weighted by Gasteiger charge is -2.38. The van der Waals surface area contributed by atoms with Crippen LogP contribution in [0, 0.1) is 10.8 Å². The highest BCUT2D eigenvalue weighted by molar-refractivity contribution is 5.83. The number of amidine groups is 1. The molecule has 0 amide bonds. The van der Waals surface area contributed by atoms with E-state index in [0.29, 0.717) is 25.9 Å². The first-order valence-corrected chi connectivity index (χ1v) is 4.86. The van der Waals surface area contributed by atoms with Gasteiger partial charge in [0.2, 0.25) is 0 Å². The maximum absolute atomic E-state index is 12.1. The summed E-state index contributed by atoms with van der Waals surface area (Å²) in [5.41, 5.74) is 5.00. The van der Waals surface area contributed by atoms with Crippen LogP contribution >= 0.6 is 0 Å². The number of nitrogens with zero attached hydrogens (tertiary/aromatic N) is 1. The van der Waals surface area contributed by atoms with Crippen molar-refractivity contribution in [3.8, 4) is 0 Å². The molecule has 1 fully saturated rings. The molecule has 1 aliphatic rings. The molecule has 3 nitrogen and oxygen atoms in total. The Morgan fingerprint density at radius 1 is 1.40 bits per heavy atom.